The molecule has 5 nitrogen and oxygen atoms in total. The lowest BCUT2D eigenvalue weighted by Gasteiger charge is -2.09. The molecule has 18 heavy (non-hydrogen) atoms. The van der Waals surface area contributed by atoms with Crippen molar-refractivity contribution in [2.45, 2.75) is 0 Å². The molecule has 0 saturated carbocycles. The Morgan fingerprint density at radius 3 is 2.89 bits per heavy atom. The molecule has 2 rings (SSSR count). The molecule has 92 valence electrons. The van der Waals surface area contributed by atoms with E-state index < -0.39 is 5.91 Å². The van der Waals surface area contributed by atoms with Crippen LogP contribution in [0.4, 0.5) is 11.4 Å². The fourth-order valence-corrected chi connectivity index (χ4v) is 1.76. The second-order valence-electron chi connectivity index (χ2n) is 3.58. The summed E-state index contributed by atoms with van der Waals surface area (Å²) in [6.45, 7) is 0. The fraction of sp³-hybridized carbons (Fsp3) is 0. The van der Waals surface area contributed by atoms with E-state index in [1.165, 1.54) is 18.2 Å². The molecule has 0 unspecified atom stereocenters. The van der Waals surface area contributed by atoms with Crippen molar-refractivity contribution in [3.8, 4) is 5.75 Å². The van der Waals surface area contributed by atoms with Crippen molar-refractivity contribution in [2.24, 2.45) is 0 Å². The van der Waals surface area contributed by atoms with Gasteiger partial charge in [0.2, 0.25) is 0 Å². The normalized spacial score (nSPS) is 10.1. The zero-order valence-corrected chi connectivity index (χ0v) is 10.8. The van der Waals surface area contributed by atoms with Crippen molar-refractivity contribution in [3.63, 3.8) is 0 Å². The summed E-state index contributed by atoms with van der Waals surface area (Å²) in [5, 5.41) is 12.0. The van der Waals surface area contributed by atoms with E-state index in [2.05, 4.69) is 26.2 Å². The first-order valence-corrected chi connectivity index (χ1v) is 5.86. The molecule has 0 radical (unpaired) electrons. The Labute approximate surface area is 112 Å². The monoisotopic (exact) mass is 307 g/mol. The minimum Gasteiger partial charge on any atom is -0.508 e. The molecule has 0 aliphatic carbocycles. The van der Waals surface area contributed by atoms with Gasteiger partial charge in [0.05, 0.1) is 15.7 Å². The van der Waals surface area contributed by atoms with Gasteiger partial charge in [-0.3, -0.25) is 9.78 Å². The van der Waals surface area contributed by atoms with E-state index in [1.54, 1.807) is 18.5 Å². The second-order valence-corrected chi connectivity index (χ2v) is 4.44. The molecule has 1 heterocycles. The molecular formula is C12H10BrN3O2. The molecule has 6 heteroatoms. The number of nitrogen functional groups attached to an aromatic ring is 1. The van der Waals surface area contributed by atoms with Crippen LogP contribution in [0.1, 0.15) is 10.4 Å². The van der Waals surface area contributed by atoms with Crippen LogP contribution < -0.4 is 11.1 Å². The molecule has 1 amide bonds. The van der Waals surface area contributed by atoms with Crippen molar-refractivity contribution in [1.82, 2.24) is 4.98 Å². The van der Waals surface area contributed by atoms with Crippen LogP contribution in [0.2, 0.25) is 0 Å². The molecule has 0 aliphatic heterocycles. The Morgan fingerprint density at radius 2 is 2.17 bits per heavy atom. The number of hydrogen-bond acceptors (Lipinski definition) is 4. The first-order valence-electron chi connectivity index (χ1n) is 5.07. The van der Waals surface area contributed by atoms with Crippen LogP contribution in [0.3, 0.4) is 0 Å². The predicted molar refractivity (Wildman–Crippen MR) is 72.4 cm³/mol. The highest BCUT2D eigenvalue weighted by molar-refractivity contribution is 9.10. The number of carbonyl (C=O) groups is 1. The van der Waals surface area contributed by atoms with E-state index >= 15 is 0 Å². The van der Waals surface area contributed by atoms with E-state index in [0.29, 0.717) is 15.8 Å². The highest BCUT2D eigenvalue weighted by Gasteiger charge is 2.12. The van der Waals surface area contributed by atoms with Gasteiger partial charge in [-0.05, 0) is 40.2 Å². The Hall–Kier alpha value is -2.08. The number of aromatic hydroxyl groups is 1. The van der Waals surface area contributed by atoms with Gasteiger partial charge in [0.1, 0.15) is 5.75 Å². The first kappa shape index (κ1) is 12.4. The Kier molecular flexibility index (Phi) is 3.47. The standard InChI is InChI=1S/C12H10BrN3O2/c13-9-6-15-4-3-11(9)16-12(18)8-5-7(17)1-2-10(8)14/h1-6,17H,14H2,(H,15,16,18). The maximum absolute atomic E-state index is 12.0. The number of aromatic nitrogens is 1. The van der Waals surface area contributed by atoms with Crippen LogP contribution in [-0.4, -0.2) is 16.0 Å². The van der Waals surface area contributed by atoms with Crippen LogP contribution in [0, 0.1) is 0 Å². The van der Waals surface area contributed by atoms with Crippen molar-refractivity contribution in [2.75, 3.05) is 11.1 Å². The molecule has 1 aromatic heterocycles. The van der Waals surface area contributed by atoms with Crippen molar-refractivity contribution >= 4 is 33.2 Å². The predicted octanol–water partition coefficient (Wildman–Crippen LogP) is 2.38. The number of amides is 1. The van der Waals surface area contributed by atoms with Crippen LogP contribution in [0.15, 0.2) is 41.1 Å². The molecule has 0 spiro atoms. The van der Waals surface area contributed by atoms with Crippen molar-refractivity contribution < 1.29 is 9.90 Å². The third-order valence-electron chi connectivity index (χ3n) is 2.30. The maximum Gasteiger partial charge on any atom is 0.257 e. The summed E-state index contributed by atoms with van der Waals surface area (Å²) in [6.07, 6.45) is 3.13. The minimum atomic E-state index is -0.393. The third kappa shape index (κ3) is 2.60. The summed E-state index contributed by atoms with van der Waals surface area (Å²) in [5.41, 5.74) is 6.79. The largest absolute Gasteiger partial charge is 0.508 e. The van der Waals surface area contributed by atoms with Crippen LogP contribution in [0.5, 0.6) is 5.75 Å². The number of anilines is 2. The summed E-state index contributed by atoms with van der Waals surface area (Å²) in [4.78, 5) is 15.9. The molecule has 0 bridgehead atoms. The van der Waals surface area contributed by atoms with E-state index in [0.717, 1.165) is 0 Å². The van der Waals surface area contributed by atoms with Gasteiger partial charge in [-0.25, -0.2) is 0 Å². The van der Waals surface area contributed by atoms with Crippen LogP contribution >= 0.6 is 15.9 Å². The van der Waals surface area contributed by atoms with Gasteiger partial charge in [0.15, 0.2) is 0 Å². The Balaban J connectivity index is 2.28. The topological polar surface area (TPSA) is 88.2 Å². The van der Waals surface area contributed by atoms with E-state index in [9.17, 15) is 9.90 Å². The second kappa shape index (κ2) is 5.05. The summed E-state index contributed by atoms with van der Waals surface area (Å²) >= 11 is 3.27. The van der Waals surface area contributed by atoms with E-state index in [-0.39, 0.29) is 11.3 Å². The molecule has 0 saturated heterocycles. The lowest BCUT2D eigenvalue weighted by atomic mass is 10.1. The molecular weight excluding hydrogens is 298 g/mol. The molecule has 1 aromatic carbocycles. The summed E-state index contributed by atoms with van der Waals surface area (Å²) < 4.78 is 0.664. The van der Waals surface area contributed by atoms with Gasteiger partial charge in [-0.15, -0.1) is 0 Å². The number of nitrogens with zero attached hydrogens (tertiary/aromatic N) is 1. The Morgan fingerprint density at radius 1 is 1.39 bits per heavy atom. The minimum absolute atomic E-state index is 0.0110. The number of hydrogen-bond donors (Lipinski definition) is 3. The van der Waals surface area contributed by atoms with E-state index in [1.807, 2.05) is 0 Å². The smallest absolute Gasteiger partial charge is 0.257 e. The zero-order chi connectivity index (χ0) is 13.1. The summed E-state index contributed by atoms with van der Waals surface area (Å²) in [5.74, 6) is -0.404. The summed E-state index contributed by atoms with van der Waals surface area (Å²) in [7, 11) is 0. The highest BCUT2D eigenvalue weighted by Crippen LogP contribution is 2.23. The molecule has 0 fully saturated rings. The van der Waals surface area contributed by atoms with Crippen LogP contribution in [-0.2, 0) is 0 Å². The molecule has 2 aromatic rings. The maximum atomic E-state index is 12.0. The lowest BCUT2D eigenvalue weighted by Crippen LogP contribution is -2.14. The number of nitrogens with two attached hydrogens (primary N) is 1. The zero-order valence-electron chi connectivity index (χ0n) is 9.22. The number of carbonyl (C=O) groups excluding carboxylic acids is 1. The number of rotatable bonds is 2. The number of benzene rings is 1. The number of pyridine rings is 1. The fourth-order valence-electron chi connectivity index (χ4n) is 1.41. The van der Waals surface area contributed by atoms with E-state index in [4.69, 9.17) is 5.73 Å². The lowest BCUT2D eigenvalue weighted by molar-refractivity contribution is 0.102. The van der Waals surface area contributed by atoms with Gasteiger partial charge in [0.25, 0.3) is 5.91 Å². The molecule has 4 N–H and O–H groups in total. The molecule has 0 aliphatic rings. The number of phenolic OH excluding ortho intramolecular Hbond substituents is 1. The van der Waals surface area contributed by atoms with Gasteiger partial charge in [0, 0.05) is 18.1 Å². The number of phenols is 1. The van der Waals surface area contributed by atoms with Crippen molar-refractivity contribution in [1.29, 1.82) is 0 Å². The summed E-state index contributed by atoms with van der Waals surface area (Å²) in [6, 6.07) is 5.88. The SMILES string of the molecule is Nc1ccc(O)cc1C(=O)Nc1ccncc1Br. The number of halogens is 1. The van der Waals surface area contributed by atoms with Gasteiger partial charge >= 0.3 is 0 Å². The average Bonchev–Trinajstić information content (AvgIpc) is 2.35. The first-order chi connectivity index (χ1) is 8.58. The van der Waals surface area contributed by atoms with Crippen molar-refractivity contribution in [3.05, 3.63) is 46.7 Å². The van der Waals surface area contributed by atoms with Gasteiger partial charge in [-0.2, -0.15) is 0 Å². The van der Waals surface area contributed by atoms with Gasteiger partial charge < -0.3 is 16.2 Å². The third-order valence-corrected chi connectivity index (χ3v) is 2.93. The quantitative estimate of drug-likeness (QED) is 0.587. The number of nitrogens with one attached hydrogen (secondary N) is 1. The van der Waals surface area contributed by atoms with Gasteiger partial charge in [-0.1, -0.05) is 0 Å². The highest BCUT2D eigenvalue weighted by atomic mass is 79.9. The molecule has 0 atom stereocenters. The van der Waals surface area contributed by atoms with Crippen LogP contribution in [0.25, 0.3) is 0 Å². The average molecular weight is 308 g/mol. The Bertz CT molecular complexity index is 602.